The van der Waals surface area contributed by atoms with Gasteiger partial charge < -0.3 is 5.73 Å². The van der Waals surface area contributed by atoms with E-state index in [1.54, 1.807) is 6.07 Å². The lowest BCUT2D eigenvalue weighted by molar-refractivity contribution is 1.04. The number of benzene rings is 1. The molecule has 1 aromatic carbocycles. The number of aromatic nitrogens is 1. The van der Waals surface area contributed by atoms with Gasteiger partial charge in [0.15, 0.2) is 0 Å². The van der Waals surface area contributed by atoms with Crippen molar-refractivity contribution >= 4 is 17.4 Å². The van der Waals surface area contributed by atoms with Crippen molar-refractivity contribution in [2.45, 2.75) is 13.3 Å². The minimum atomic E-state index is 0.549. The van der Waals surface area contributed by atoms with Crippen LogP contribution in [0, 0.1) is 0 Å². The van der Waals surface area contributed by atoms with Crippen LogP contribution >= 0.6 is 11.6 Å². The molecule has 0 aliphatic carbocycles. The molecule has 2 aromatic rings. The number of anilines is 1. The second-order valence-corrected chi connectivity index (χ2v) is 3.97. The molecule has 2 rings (SSSR count). The molecular weight excluding hydrogens is 220 g/mol. The third-order valence-corrected chi connectivity index (χ3v) is 2.82. The lowest BCUT2D eigenvalue weighted by Crippen LogP contribution is -1.97. The van der Waals surface area contributed by atoms with Gasteiger partial charge in [-0.15, -0.1) is 0 Å². The van der Waals surface area contributed by atoms with Crippen molar-refractivity contribution in [1.82, 2.24) is 4.98 Å². The fraction of sp³-hybridized carbons (Fsp3) is 0.154. The lowest BCUT2D eigenvalue weighted by Gasteiger charge is -2.09. The smallest absolute Gasteiger partial charge is 0.123 e. The zero-order valence-electron chi connectivity index (χ0n) is 9.07. The molecule has 2 nitrogen and oxygen atoms in total. The molecule has 0 aliphatic heterocycles. The van der Waals surface area contributed by atoms with Gasteiger partial charge in [0.05, 0.1) is 5.69 Å². The number of aryl methyl sites for hydroxylation is 1. The predicted molar refractivity (Wildman–Crippen MR) is 68.5 cm³/mol. The molecule has 2 N–H and O–H groups in total. The predicted octanol–water partition coefficient (Wildman–Crippen LogP) is 3.55. The first-order valence-corrected chi connectivity index (χ1v) is 5.60. The second kappa shape index (κ2) is 4.54. The quantitative estimate of drug-likeness (QED) is 0.860. The van der Waals surface area contributed by atoms with Crippen LogP contribution in [0.2, 0.25) is 5.02 Å². The van der Waals surface area contributed by atoms with Crippen molar-refractivity contribution in [3.63, 3.8) is 0 Å². The molecule has 3 heteroatoms. The van der Waals surface area contributed by atoms with Crippen molar-refractivity contribution in [3.05, 3.63) is 47.1 Å². The zero-order chi connectivity index (χ0) is 11.5. The summed E-state index contributed by atoms with van der Waals surface area (Å²) in [7, 11) is 0. The van der Waals surface area contributed by atoms with E-state index in [0.717, 1.165) is 28.3 Å². The Balaban J connectivity index is 2.60. The van der Waals surface area contributed by atoms with Crippen LogP contribution in [0.4, 0.5) is 5.82 Å². The van der Waals surface area contributed by atoms with Gasteiger partial charge in [0.2, 0.25) is 0 Å². The fourth-order valence-corrected chi connectivity index (χ4v) is 1.95. The summed E-state index contributed by atoms with van der Waals surface area (Å²) < 4.78 is 0. The number of hydrogen-bond acceptors (Lipinski definition) is 2. The molecular formula is C13H13ClN2. The molecule has 0 fully saturated rings. The maximum absolute atomic E-state index is 6.17. The van der Waals surface area contributed by atoms with E-state index in [-0.39, 0.29) is 0 Å². The van der Waals surface area contributed by atoms with Gasteiger partial charge in [-0.25, -0.2) is 4.98 Å². The van der Waals surface area contributed by atoms with Crippen LogP contribution in [-0.4, -0.2) is 4.98 Å². The Labute approximate surface area is 100 Å². The van der Waals surface area contributed by atoms with Gasteiger partial charge >= 0.3 is 0 Å². The molecule has 0 radical (unpaired) electrons. The fourth-order valence-electron chi connectivity index (χ4n) is 1.71. The first-order chi connectivity index (χ1) is 7.72. The molecule has 0 atom stereocenters. The summed E-state index contributed by atoms with van der Waals surface area (Å²) in [6.07, 6.45) is 0.839. The SMILES string of the molecule is CCc1nc(N)ccc1-c1ccccc1Cl. The van der Waals surface area contributed by atoms with E-state index >= 15 is 0 Å². The summed E-state index contributed by atoms with van der Waals surface area (Å²) in [5.74, 6) is 0.549. The Morgan fingerprint density at radius 1 is 1.12 bits per heavy atom. The van der Waals surface area contributed by atoms with Gasteiger partial charge in [-0.3, -0.25) is 0 Å². The van der Waals surface area contributed by atoms with Gasteiger partial charge in [0.1, 0.15) is 5.82 Å². The average molecular weight is 233 g/mol. The Kier molecular flexibility index (Phi) is 3.11. The average Bonchev–Trinajstić information content (AvgIpc) is 2.30. The minimum absolute atomic E-state index is 0.549. The third kappa shape index (κ3) is 2.02. The van der Waals surface area contributed by atoms with Crippen LogP contribution in [0.1, 0.15) is 12.6 Å². The highest BCUT2D eigenvalue weighted by Gasteiger charge is 2.08. The molecule has 0 bridgehead atoms. The molecule has 0 unspecified atom stereocenters. The number of nitrogens with zero attached hydrogens (tertiary/aromatic N) is 1. The number of halogens is 1. The van der Waals surface area contributed by atoms with Gasteiger partial charge in [-0.05, 0) is 24.6 Å². The highest BCUT2D eigenvalue weighted by Crippen LogP contribution is 2.30. The Morgan fingerprint density at radius 3 is 2.56 bits per heavy atom. The minimum Gasteiger partial charge on any atom is -0.384 e. The lowest BCUT2D eigenvalue weighted by atomic mass is 10.0. The van der Waals surface area contributed by atoms with Crippen LogP contribution in [0.15, 0.2) is 36.4 Å². The maximum atomic E-state index is 6.17. The van der Waals surface area contributed by atoms with E-state index in [1.807, 2.05) is 30.3 Å². The number of nitrogens with two attached hydrogens (primary N) is 1. The molecule has 0 amide bonds. The summed E-state index contributed by atoms with van der Waals surface area (Å²) in [6.45, 7) is 2.06. The van der Waals surface area contributed by atoms with Crippen molar-refractivity contribution in [2.75, 3.05) is 5.73 Å². The van der Waals surface area contributed by atoms with Gasteiger partial charge in [0.25, 0.3) is 0 Å². The summed E-state index contributed by atoms with van der Waals surface area (Å²) in [5, 5.41) is 0.740. The first-order valence-electron chi connectivity index (χ1n) is 5.22. The van der Waals surface area contributed by atoms with Gasteiger partial charge in [-0.2, -0.15) is 0 Å². The number of nitrogen functional groups attached to an aromatic ring is 1. The summed E-state index contributed by atoms with van der Waals surface area (Å²) >= 11 is 6.17. The Hall–Kier alpha value is -1.54. The van der Waals surface area contributed by atoms with Gasteiger partial charge in [0, 0.05) is 16.1 Å². The zero-order valence-corrected chi connectivity index (χ0v) is 9.83. The van der Waals surface area contributed by atoms with Gasteiger partial charge in [-0.1, -0.05) is 36.7 Å². The Bertz CT molecular complexity index is 509. The molecule has 1 aromatic heterocycles. The summed E-state index contributed by atoms with van der Waals surface area (Å²) in [6, 6.07) is 11.5. The normalized spacial score (nSPS) is 10.4. The van der Waals surface area contributed by atoms with Crippen molar-refractivity contribution in [2.24, 2.45) is 0 Å². The van der Waals surface area contributed by atoms with E-state index in [4.69, 9.17) is 17.3 Å². The van der Waals surface area contributed by atoms with E-state index in [0.29, 0.717) is 5.82 Å². The Morgan fingerprint density at radius 2 is 1.88 bits per heavy atom. The molecule has 0 aliphatic rings. The number of hydrogen-bond donors (Lipinski definition) is 1. The maximum Gasteiger partial charge on any atom is 0.123 e. The van der Waals surface area contributed by atoms with E-state index in [9.17, 15) is 0 Å². The number of rotatable bonds is 2. The van der Waals surface area contributed by atoms with Crippen LogP contribution < -0.4 is 5.73 Å². The molecule has 0 spiro atoms. The monoisotopic (exact) mass is 232 g/mol. The standard InChI is InChI=1S/C13H13ClN2/c1-2-12-10(7-8-13(15)16-12)9-5-3-4-6-11(9)14/h3-8H,2H2,1H3,(H2,15,16). The van der Waals surface area contributed by atoms with Crippen LogP contribution in [0.25, 0.3) is 11.1 Å². The van der Waals surface area contributed by atoms with Crippen LogP contribution in [0.3, 0.4) is 0 Å². The molecule has 82 valence electrons. The number of pyridine rings is 1. The largest absolute Gasteiger partial charge is 0.384 e. The second-order valence-electron chi connectivity index (χ2n) is 3.56. The molecule has 0 saturated carbocycles. The highest BCUT2D eigenvalue weighted by molar-refractivity contribution is 6.33. The van der Waals surface area contributed by atoms with Crippen LogP contribution in [0.5, 0.6) is 0 Å². The van der Waals surface area contributed by atoms with Crippen LogP contribution in [-0.2, 0) is 6.42 Å². The molecule has 0 saturated heterocycles. The van der Waals surface area contributed by atoms with Crippen molar-refractivity contribution in [3.8, 4) is 11.1 Å². The topological polar surface area (TPSA) is 38.9 Å². The van der Waals surface area contributed by atoms with E-state index in [2.05, 4.69) is 11.9 Å². The third-order valence-electron chi connectivity index (χ3n) is 2.49. The van der Waals surface area contributed by atoms with E-state index < -0.39 is 0 Å². The van der Waals surface area contributed by atoms with E-state index in [1.165, 1.54) is 0 Å². The molecule has 1 heterocycles. The van der Waals surface area contributed by atoms with Crippen molar-refractivity contribution < 1.29 is 0 Å². The highest BCUT2D eigenvalue weighted by atomic mass is 35.5. The summed E-state index contributed by atoms with van der Waals surface area (Å²) in [5.41, 5.74) is 8.72. The van der Waals surface area contributed by atoms with Crippen molar-refractivity contribution in [1.29, 1.82) is 0 Å². The summed E-state index contributed by atoms with van der Waals surface area (Å²) in [4.78, 5) is 4.33. The molecule has 16 heavy (non-hydrogen) atoms. The first kappa shape index (κ1) is 11.0.